The first-order chi connectivity index (χ1) is 11.7. The number of rotatable bonds is 6. The van der Waals surface area contributed by atoms with E-state index in [0.717, 1.165) is 4.47 Å². The highest BCUT2D eigenvalue weighted by Gasteiger charge is 2.28. The number of nitrogens with zero attached hydrogens (tertiary/aromatic N) is 3. The van der Waals surface area contributed by atoms with Gasteiger partial charge in [0.2, 0.25) is 15.9 Å². The number of carbonyl (C=O) groups is 1. The number of hydrogen-bond donors (Lipinski definition) is 1. The molecule has 0 spiro atoms. The molecule has 25 heavy (non-hydrogen) atoms. The van der Waals surface area contributed by atoms with Crippen molar-refractivity contribution in [1.29, 1.82) is 0 Å². The van der Waals surface area contributed by atoms with Crippen LogP contribution in [-0.2, 0) is 21.4 Å². The molecule has 2 rings (SSSR count). The van der Waals surface area contributed by atoms with E-state index in [2.05, 4.69) is 26.3 Å². The van der Waals surface area contributed by atoms with E-state index in [4.69, 9.17) is 0 Å². The molecule has 0 atom stereocenters. The smallest absolute Gasteiger partial charge is 0.246 e. The minimum atomic E-state index is -3.62. The van der Waals surface area contributed by atoms with Crippen LogP contribution in [0.15, 0.2) is 33.6 Å². The number of amides is 1. The summed E-state index contributed by atoms with van der Waals surface area (Å²) in [5.74, 6) is -0.277. The molecule has 0 fully saturated rings. The number of hydrogen-bond acceptors (Lipinski definition) is 4. The molecule has 1 aromatic carbocycles. The van der Waals surface area contributed by atoms with Gasteiger partial charge < -0.3 is 5.32 Å². The molecule has 0 bridgehead atoms. The zero-order valence-corrected chi connectivity index (χ0v) is 17.0. The molecule has 0 saturated heterocycles. The fourth-order valence-corrected chi connectivity index (χ4v) is 4.21. The van der Waals surface area contributed by atoms with Gasteiger partial charge in [0.05, 0.1) is 11.4 Å². The number of nitrogens with one attached hydrogen (secondary N) is 1. The molecule has 1 aromatic heterocycles. The van der Waals surface area contributed by atoms with Crippen molar-refractivity contribution in [2.45, 2.75) is 32.2 Å². The molecular formula is C16H21BrN4O3S. The van der Waals surface area contributed by atoms with Crippen molar-refractivity contribution in [3.8, 4) is 0 Å². The predicted octanol–water partition coefficient (Wildman–Crippen LogP) is 2.54. The lowest BCUT2D eigenvalue weighted by molar-refractivity contribution is -0.116. The van der Waals surface area contributed by atoms with E-state index in [1.165, 1.54) is 16.0 Å². The fraction of sp³-hybridized carbons (Fsp3) is 0.375. The highest BCUT2D eigenvalue weighted by atomic mass is 79.9. The normalized spacial score (nSPS) is 11.8. The van der Waals surface area contributed by atoms with Crippen LogP contribution in [0.25, 0.3) is 0 Å². The Balaban J connectivity index is 2.22. The standard InChI is InChI=1S/C16H21BrN4O3S/c1-5-20(4)25(23,24)16-11(2)19-21(12(16)3)10-15(22)18-14-8-6-13(17)7-9-14/h6-9H,5,10H2,1-4H3,(H,18,22). The van der Waals surface area contributed by atoms with Crippen molar-refractivity contribution in [2.75, 3.05) is 18.9 Å². The molecule has 0 saturated carbocycles. The van der Waals surface area contributed by atoms with Crippen molar-refractivity contribution < 1.29 is 13.2 Å². The highest BCUT2D eigenvalue weighted by Crippen LogP contribution is 2.22. The molecule has 136 valence electrons. The first kappa shape index (κ1) is 19.6. The topological polar surface area (TPSA) is 84.3 Å². The Kier molecular flexibility index (Phi) is 6.02. The molecule has 2 aromatic rings. The predicted molar refractivity (Wildman–Crippen MR) is 100.0 cm³/mol. The Bertz CT molecular complexity index is 876. The maximum absolute atomic E-state index is 12.6. The summed E-state index contributed by atoms with van der Waals surface area (Å²) in [5, 5.41) is 7.00. The van der Waals surface area contributed by atoms with Gasteiger partial charge in [-0.3, -0.25) is 9.48 Å². The first-order valence-electron chi connectivity index (χ1n) is 7.72. The Morgan fingerprint density at radius 3 is 2.44 bits per heavy atom. The number of sulfonamides is 1. The van der Waals surface area contributed by atoms with Crippen molar-refractivity contribution in [3.63, 3.8) is 0 Å². The Hall–Kier alpha value is -1.71. The van der Waals surface area contributed by atoms with Gasteiger partial charge in [0.25, 0.3) is 0 Å². The summed E-state index contributed by atoms with van der Waals surface area (Å²) in [5.41, 5.74) is 1.49. The van der Waals surface area contributed by atoms with E-state index in [9.17, 15) is 13.2 Å². The van der Waals surface area contributed by atoms with Crippen LogP contribution in [0.3, 0.4) is 0 Å². The summed E-state index contributed by atoms with van der Waals surface area (Å²) < 4.78 is 28.8. The molecule has 7 nitrogen and oxygen atoms in total. The average Bonchev–Trinajstić information content (AvgIpc) is 2.83. The third kappa shape index (κ3) is 4.28. The van der Waals surface area contributed by atoms with Gasteiger partial charge in [-0.2, -0.15) is 5.10 Å². The molecule has 9 heteroatoms. The average molecular weight is 429 g/mol. The molecular weight excluding hydrogens is 408 g/mol. The first-order valence-corrected chi connectivity index (χ1v) is 9.96. The highest BCUT2D eigenvalue weighted by molar-refractivity contribution is 9.10. The van der Waals surface area contributed by atoms with E-state index >= 15 is 0 Å². The second-order valence-electron chi connectivity index (χ2n) is 5.63. The maximum Gasteiger partial charge on any atom is 0.246 e. The van der Waals surface area contributed by atoms with Gasteiger partial charge in [-0.05, 0) is 38.1 Å². The second-order valence-corrected chi connectivity index (χ2v) is 8.53. The summed E-state index contributed by atoms with van der Waals surface area (Å²) in [6.45, 7) is 5.35. The maximum atomic E-state index is 12.6. The van der Waals surface area contributed by atoms with Crippen LogP contribution in [0.5, 0.6) is 0 Å². The number of benzene rings is 1. The van der Waals surface area contributed by atoms with E-state index in [0.29, 0.717) is 23.6 Å². The zero-order valence-electron chi connectivity index (χ0n) is 14.6. The van der Waals surface area contributed by atoms with Gasteiger partial charge in [-0.25, -0.2) is 12.7 Å². The van der Waals surface area contributed by atoms with E-state index in [1.807, 2.05) is 12.1 Å². The Morgan fingerprint density at radius 2 is 1.88 bits per heavy atom. The number of halogens is 1. The summed E-state index contributed by atoms with van der Waals surface area (Å²) in [4.78, 5) is 12.4. The Labute approximate surface area is 156 Å². The van der Waals surface area contributed by atoms with Crippen LogP contribution < -0.4 is 5.32 Å². The van der Waals surface area contributed by atoms with Crippen LogP contribution in [0, 0.1) is 13.8 Å². The lowest BCUT2D eigenvalue weighted by Crippen LogP contribution is -2.27. The third-order valence-corrected chi connectivity index (χ3v) is 6.56. The second kappa shape index (κ2) is 7.67. The summed E-state index contributed by atoms with van der Waals surface area (Å²) in [7, 11) is -2.10. The molecule has 0 aliphatic carbocycles. The van der Waals surface area contributed by atoms with Crippen molar-refractivity contribution in [1.82, 2.24) is 14.1 Å². The third-order valence-electron chi connectivity index (χ3n) is 3.85. The van der Waals surface area contributed by atoms with Crippen LogP contribution in [-0.4, -0.2) is 42.0 Å². The van der Waals surface area contributed by atoms with Crippen molar-refractivity contribution >= 4 is 37.5 Å². The zero-order chi connectivity index (χ0) is 18.8. The summed E-state index contributed by atoms with van der Waals surface area (Å²) >= 11 is 3.33. The lowest BCUT2D eigenvalue weighted by Gasteiger charge is -2.15. The molecule has 0 radical (unpaired) electrons. The van der Waals surface area contributed by atoms with Gasteiger partial charge in [0.1, 0.15) is 11.4 Å². The lowest BCUT2D eigenvalue weighted by atomic mass is 10.3. The fourth-order valence-electron chi connectivity index (χ4n) is 2.40. The Morgan fingerprint density at radius 1 is 1.28 bits per heavy atom. The molecule has 0 aliphatic rings. The van der Waals surface area contributed by atoms with Gasteiger partial charge in [-0.15, -0.1) is 0 Å². The molecule has 1 heterocycles. The summed E-state index contributed by atoms with van der Waals surface area (Å²) in [6.07, 6.45) is 0. The molecule has 0 aliphatic heterocycles. The molecule has 0 unspecified atom stereocenters. The van der Waals surface area contributed by atoms with Gasteiger partial charge in [-0.1, -0.05) is 22.9 Å². The van der Waals surface area contributed by atoms with Crippen molar-refractivity contribution in [3.05, 3.63) is 40.1 Å². The van der Waals surface area contributed by atoms with Crippen LogP contribution in [0.1, 0.15) is 18.3 Å². The van der Waals surface area contributed by atoms with Crippen molar-refractivity contribution in [2.24, 2.45) is 0 Å². The number of anilines is 1. The number of aryl methyl sites for hydroxylation is 1. The van der Waals surface area contributed by atoms with E-state index in [-0.39, 0.29) is 17.3 Å². The molecule has 1 N–H and O–H groups in total. The van der Waals surface area contributed by atoms with Crippen LogP contribution in [0.2, 0.25) is 0 Å². The molecule has 1 amide bonds. The van der Waals surface area contributed by atoms with Crippen LogP contribution >= 0.6 is 15.9 Å². The SMILES string of the molecule is CCN(C)S(=O)(=O)c1c(C)nn(CC(=O)Nc2ccc(Br)cc2)c1C. The van der Waals surface area contributed by atoms with E-state index in [1.54, 1.807) is 32.9 Å². The minimum Gasteiger partial charge on any atom is -0.324 e. The minimum absolute atomic E-state index is 0.0614. The largest absolute Gasteiger partial charge is 0.324 e. The number of carbonyl (C=O) groups excluding carboxylic acids is 1. The van der Waals surface area contributed by atoms with Gasteiger partial charge in [0.15, 0.2) is 0 Å². The van der Waals surface area contributed by atoms with Gasteiger partial charge >= 0.3 is 0 Å². The quantitative estimate of drug-likeness (QED) is 0.765. The van der Waals surface area contributed by atoms with Gasteiger partial charge in [0, 0.05) is 23.8 Å². The van der Waals surface area contributed by atoms with Crippen LogP contribution in [0.4, 0.5) is 5.69 Å². The monoisotopic (exact) mass is 428 g/mol. The summed E-state index contributed by atoms with van der Waals surface area (Å²) in [6, 6.07) is 7.19. The van der Waals surface area contributed by atoms with E-state index < -0.39 is 10.0 Å². The number of aromatic nitrogens is 2.